The van der Waals surface area contributed by atoms with Gasteiger partial charge < -0.3 is 19.9 Å². The van der Waals surface area contributed by atoms with E-state index in [1.54, 1.807) is 0 Å². The summed E-state index contributed by atoms with van der Waals surface area (Å²) in [6.45, 7) is 3.89. The maximum absolute atomic E-state index is 6.36. The molecule has 2 N–H and O–H groups in total. The zero-order valence-electron chi connectivity index (χ0n) is 12.6. The Kier molecular flexibility index (Phi) is 4.63. The van der Waals surface area contributed by atoms with Crippen LogP contribution in [0, 0.1) is 0 Å². The average molecular weight is 292 g/mol. The van der Waals surface area contributed by atoms with Crippen LogP contribution in [0.5, 0.6) is 11.5 Å². The van der Waals surface area contributed by atoms with Gasteiger partial charge in [0.15, 0.2) is 11.5 Å². The Labute approximate surface area is 126 Å². The number of benzene rings is 1. The van der Waals surface area contributed by atoms with E-state index < -0.39 is 0 Å². The molecule has 1 aromatic rings. The van der Waals surface area contributed by atoms with Crippen molar-refractivity contribution in [2.75, 3.05) is 40.0 Å². The van der Waals surface area contributed by atoms with Gasteiger partial charge in [-0.15, -0.1) is 0 Å². The first-order valence-corrected chi connectivity index (χ1v) is 7.67. The van der Waals surface area contributed by atoms with Gasteiger partial charge in [-0.25, -0.2) is 0 Å². The molecule has 1 aromatic carbocycles. The van der Waals surface area contributed by atoms with Gasteiger partial charge in [-0.05, 0) is 31.2 Å². The minimum atomic E-state index is -0.0345. The molecular weight excluding hydrogens is 268 g/mol. The van der Waals surface area contributed by atoms with Crippen molar-refractivity contribution in [3.05, 3.63) is 23.8 Å². The molecule has 3 rings (SSSR count). The number of nitrogens with zero attached hydrogens (tertiary/aromatic N) is 1. The second-order valence-electron chi connectivity index (χ2n) is 5.82. The highest BCUT2D eigenvalue weighted by Gasteiger charge is 2.22. The van der Waals surface area contributed by atoms with Crippen molar-refractivity contribution < 1.29 is 14.2 Å². The third-order valence-electron chi connectivity index (χ3n) is 4.21. The molecule has 2 aliphatic heterocycles. The fraction of sp³-hybridized carbons (Fsp3) is 0.625. The smallest absolute Gasteiger partial charge is 0.161 e. The maximum Gasteiger partial charge on any atom is 0.161 e. The Balaban J connectivity index is 1.66. The van der Waals surface area contributed by atoms with E-state index in [9.17, 15) is 0 Å². The lowest BCUT2D eigenvalue weighted by molar-refractivity contribution is 0.156. The first-order valence-electron chi connectivity index (χ1n) is 7.67. The standard InChI is InChI=1S/C16H24N2O3/c1-18(13-5-8-19-11-13)10-14(17)12-3-4-15-16(9-12)21-7-2-6-20-15/h3-4,9,13-14H,2,5-8,10-11,17H2,1H3. The van der Waals surface area contributed by atoms with Gasteiger partial charge in [-0.1, -0.05) is 6.07 Å². The lowest BCUT2D eigenvalue weighted by Gasteiger charge is -2.26. The number of rotatable bonds is 4. The fourth-order valence-corrected chi connectivity index (χ4v) is 2.84. The summed E-state index contributed by atoms with van der Waals surface area (Å²) >= 11 is 0. The van der Waals surface area contributed by atoms with E-state index in [0.29, 0.717) is 19.3 Å². The number of hydrogen-bond donors (Lipinski definition) is 1. The van der Waals surface area contributed by atoms with Gasteiger partial charge >= 0.3 is 0 Å². The first-order chi connectivity index (χ1) is 10.2. The van der Waals surface area contributed by atoms with Crippen molar-refractivity contribution in [3.63, 3.8) is 0 Å². The molecule has 2 aliphatic rings. The number of hydrogen-bond acceptors (Lipinski definition) is 5. The molecule has 2 atom stereocenters. The molecule has 21 heavy (non-hydrogen) atoms. The molecule has 0 aliphatic carbocycles. The van der Waals surface area contributed by atoms with E-state index in [1.807, 2.05) is 18.2 Å². The topological polar surface area (TPSA) is 57.0 Å². The second kappa shape index (κ2) is 6.64. The normalized spacial score (nSPS) is 23.1. The maximum atomic E-state index is 6.36. The van der Waals surface area contributed by atoms with Gasteiger partial charge in [-0.3, -0.25) is 4.90 Å². The second-order valence-corrected chi connectivity index (χ2v) is 5.82. The molecule has 0 saturated carbocycles. The summed E-state index contributed by atoms with van der Waals surface area (Å²) in [5, 5.41) is 0. The predicted octanol–water partition coefficient (Wildman–Crippen LogP) is 1.57. The summed E-state index contributed by atoms with van der Waals surface area (Å²) < 4.78 is 16.8. The van der Waals surface area contributed by atoms with E-state index in [0.717, 1.165) is 49.7 Å². The molecule has 5 heteroatoms. The molecule has 116 valence electrons. The van der Waals surface area contributed by atoms with Gasteiger partial charge in [0.1, 0.15) is 0 Å². The molecule has 0 spiro atoms. The van der Waals surface area contributed by atoms with Crippen LogP contribution < -0.4 is 15.2 Å². The Hall–Kier alpha value is -1.30. The number of fused-ring (bicyclic) bond motifs is 1. The largest absolute Gasteiger partial charge is 0.490 e. The minimum Gasteiger partial charge on any atom is -0.490 e. The van der Waals surface area contributed by atoms with Gasteiger partial charge in [-0.2, -0.15) is 0 Å². The molecule has 5 nitrogen and oxygen atoms in total. The van der Waals surface area contributed by atoms with Crippen LogP contribution in [0.3, 0.4) is 0 Å². The van der Waals surface area contributed by atoms with Gasteiger partial charge in [0.2, 0.25) is 0 Å². The first kappa shape index (κ1) is 14.6. The highest BCUT2D eigenvalue weighted by Crippen LogP contribution is 2.32. The molecule has 2 heterocycles. The Morgan fingerprint density at radius 3 is 2.81 bits per heavy atom. The third kappa shape index (κ3) is 3.48. The van der Waals surface area contributed by atoms with E-state index in [1.165, 1.54) is 0 Å². The molecule has 2 unspecified atom stereocenters. The predicted molar refractivity (Wildman–Crippen MR) is 80.8 cm³/mol. The molecule has 1 saturated heterocycles. The number of nitrogens with two attached hydrogens (primary N) is 1. The van der Waals surface area contributed by atoms with Crippen LogP contribution >= 0.6 is 0 Å². The summed E-state index contributed by atoms with van der Waals surface area (Å²) in [6.07, 6.45) is 2.00. The number of ether oxygens (including phenoxy) is 3. The highest BCUT2D eigenvalue weighted by molar-refractivity contribution is 5.44. The lowest BCUT2D eigenvalue weighted by Crippen LogP contribution is -2.37. The van der Waals surface area contributed by atoms with E-state index in [2.05, 4.69) is 11.9 Å². The summed E-state index contributed by atoms with van der Waals surface area (Å²) in [6, 6.07) is 6.47. The quantitative estimate of drug-likeness (QED) is 0.913. The van der Waals surface area contributed by atoms with Gasteiger partial charge in [0, 0.05) is 31.7 Å². The zero-order chi connectivity index (χ0) is 14.7. The third-order valence-corrected chi connectivity index (χ3v) is 4.21. The molecule has 0 aromatic heterocycles. The summed E-state index contributed by atoms with van der Waals surface area (Å²) in [5.41, 5.74) is 7.44. The molecule has 1 fully saturated rings. The summed E-state index contributed by atoms with van der Waals surface area (Å²) in [5.74, 6) is 1.63. The number of likely N-dealkylation sites (N-methyl/N-ethyl adjacent to an activating group) is 1. The van der Waals surface area contributed by atoms with Crippen LogP contribution in [0.1, 0.15) is 24.4 Å². The van der Waals surface area contributed by atoms with Gasteiger partial charge in [0.05, 0.1) is 19.8 Å². The van der Waals surface area contributed by atoms with Crippen molar-refractivity contribution in [1.82, 2.24) is 4.90 Å². The summed E-state index contributed by atoms with van der Waals surface area (Å²) in [4.78, 5) is 2.29. The van der Waals surface area contributed by atoms with Crippen LogP contribution in [-0.2, 0) is 4.74 Å². The van der Waals surface area contributed by atoms with Crippen molar-refractivity contribution in [2.24, 2.45) is 5.73 Å². The van der Waals surface area contributed by atoms with Crippen molar-refractivity contribution in [1.29, 1.82) is 0 Å². The highest BCUT2D eigenvalue weighted by atomic mass is 16.5. The summed E-state index contributed by atoms with van der Waals surface area (Å²) in [7, 11) is 2.11. The Morgan fingerprint density at radius 2 is 2.05 bits per heavy atom. The van der Waals surface area contributed by atoms with Crippen molar-refractivity contribution >= 4 is 0 Å². The van der Waals surface area contributed by atoms with E-state index >= 15 is 0 Å². The average Bonchev–Trinajstić information content (AvgIpc) is 2.92. The monoisotopic (exact) mass is 292 g/mol. The fourth-order valence-electron chi connectivity index (χ4n) is 2.84. The molecule has 0 radical (unpaired) electrons. The molecular formula is C16H24N2O3. The van der Waals surface area contributed by atoms with Crippen LogP contribution in [-0.4, -0.2) is 51.0 Å². The Bertz CT molecular complexity index is 475. The van der Waals surface area contributed by atoms with Crippen LogP contribution in [0.2, 0.25) is 0 Å². The zero-order valence-corrected chi connectivity index (χ0v) is 12.6. The molecule has 0 amide bonds. The molecule has 0 bridgehead atoms. The van der Waals surface area contributed by atoms with Crippen molar-refractivity contribution in [3.8, 4) is 11.5 Å². The SMILES string of the molecule is CN(CC(N)c1ccc2c(c1)OCCCO2)C1CCOC1. The van der Waals surface area contributed by atoms with E-state index in [-0.39, 0.29) is 6.04 Å². The van der Waals surface area contributed by atoms with Crippen molar-refractivity contribution in [2.45, 2.75) is 24.9 Å². The minimum absolute atomic E-state index is 0.0345. The lowest BCUT2D eigenvalue weighted by atomic mass is 10.1. The van der Waals surface area contributed by atoms with Crippen LogP contribution in [0.15, 0.2) is 18.2 Å². The Morgan fingerprint density at radius 1 is 1.24 bits per heavy atom. The van der Waals surface area contributed by atoms with Crippen LogP contribution in [0.25, 0.3) is 0 Å². The van der Waals surface area contributed by atoms with Gasteiger partial charge in [0.25, 0.3) is 0 Å². The van der Waals surface area contributed by atoms with E-state index in [4.69, 9.17) is 19.9 Å². The van der Waals surface area contributed by atoms with Crippen LogP contribution in [0.4, 0.5) is 0 Å².